The number of aliphatic carboxylic acids is 1. The van der Waals surface area contributed by atoms with Crippen molar-refractivity contribution >= 4 is 63.1 Å². The molecule has 0 spiro atoms. The predicted molar refractivity (Wildman–Crippen MR) is 517 cm³/mol. The number of esters is 2. The smallest absolute Gasteiger partial charge is 1.00 e. The van der Waals surface area contributed by atoms with Crippen LogP contribution in [0.4, 0.5) is 0 Å². The van der Waals surface area contributed by atoms with E-state index in [1.807, 2.05) is 0 Å². The Morgan fingerprint density at radius 3 is 1.05 bits per heavy atom. The molecule has 31 heteroatoms. The second kappa shape index (κ2) is 92.7. The summed E-state index contributed by atoms with van der Waals surface area (Å²) in [6.45, 7) is 10.7. The van der Waals surface area contributed by atoms with Crippen molar-refractivity contribution in [2.24, 2.45) is 5.92 Å². The fourth-order valence-electron chi connectivity index (χ4n) is 14.8. The van der Waals surface area contributed by atoms with Gasteiger partial charge in [-0.3, -0.25) is 56.5 Å². The van der Waals surface area contributed by atoms with E-state index in [9.17, 15) is 57.3 Å². The fraction of sp³-hybridized carbons (Fsp3) is 0.820. The molecule has 0 bridgehead atoms. The molecule has 1 aromatic carbocycles. The first-order chi connectivity index (χ1) is 62.6. The molecule has 0 radical (unpaired) electrons. The number of phosphoric ester groups is 2. The summed E-state index contributed by atoms with van der Waals surface area (Å²) in [5, 5.41) is 22.7. The zero-order chi connectivity index (χ0) is 94.4. The average Bonchev–Trinajstić information content (AvgIpc) is 0.858. The first-order valence-electron chi connectivity index (χ1n) is 51.0. The number of carboxylic acids is 1. The monoisotopic (exact) mass is 1910 g/mol. The third-order valence-electron chi connectivity index (χ3n) is 22.6. The van der Waals surface area contributed by atoms with Gasteiger partial charge in [-0.25, -0.2) is 9.13 Å². The maximum Gasteiger partial charge on any atom is 1.00 e. The summed E-state index contributed by atoms with van der Waals surface area (Å²) in [5.41, 5.74) is 0.507. The maximum atomic E-state index is 14.2. The van der Waals surface area contributed by atoms with Crippen molar-refractivity contribution in [2.45, 2.75) is 445 Å². The average molecular weight is 1920 g/mol. The topological polar surface area (TPSA) is 375 Å². The fourth-order valence-corrected chi connectivity index (χ4v) is 16.3. The molecule has 4 unspecified atom stereocenters. The molecule has 131 heavy (non-hydrogen) atoms. The molecule has 0 aliphatic rings. The van der Waals surface area contributed by atoms with Crippen LogP contribution in [0.5, 0.6) is 5.75 Å². The Morgan fingerprint density at radius 1 is 0.351 bits per heavy atom. The van der Waals surface area contributed by atoms with Crippen molar-refractivity contribution in [1.29, 1.82) is 0 Å². The predicted octanol–water partition coefficient (Wildman–Crippen LogP) is 16.8. The van der Waals surface area contributed by atoms with Crippen molar-refractivity contribution in [1.82, 2.24) is 26.6 Å². The molecule has 8 N–H and O–H groups in total. The van der Waals surface area contributed by atoms with Crippen LogP contribution in [-0.4, -0.2) is 166 Å². The van der Waals surface area contributed by atoms with E-state index in [2.05, 4.69) is 92.4 Å². The summed E-state index contributed by atoms with van der Waals surface area (Å²) in [6, 6.07) is 4.74. The van der Waals surface area contributed by atoms with Crippen molar-refractivity contribution in [3.63, 3.8) is 0 Å². The Morgan fingerprint density at radius 2 is 0.672 bits per heavy atom. The van der Waals surface area contributed by atoms with Gasteiger partial charge in [0.05, 0.1) is 71.5 Å². The van der Waals surface area contributed by atoms with E-state index in [0.717, 1.165) is 154 Å². The molecule has 27 nitrogen and oxygen atoms in total. The largest absolute Gasteiger partial charge is 1.00 e. The van der Waals surface area contributed by atoms with Gasteiger partial charge in [0.15, 0.2) is 0 Å². The van der Waals surface area contributed by atoms with Gasteiger partial charge in [-0.2, -0.15) is 0 Å². The second-order valence-electron chi connectivity index (χ2n) is 34.9. The summed E-state index contributed by atoms with van der Waals surface area (Å²) in [7, 11) is -9.77. The number of unbranched alkanes of at least 4 members (excludes halogenated alkanes) is 39. The molecule has 752 valence electrons. The number of carboxylic acid groups (broad SMARTS) is 1. The standard InChI is InChI=1S/C100H181N5O22P2.2Na.2H/c1-7-13-19-25-29-33-35-39-41-47-53-62-94(107)104-87(82-119-76-71-90(59-51-45-23-17-11-5)126-97(111)65-55-49-43-37-31-27-21-15-9-3)84-124-128(115,116)122-79-74-102-99(113)92(81-86-67-69-89(70-68-86)121-78-73-101-93(106)61-57-58-64-96(109)110)100(114)103-75-80-123-129(117,118)125-85-88(105-95(108)63-54-48-42-40-36-34-30-26-20-14-8-2)83-120-77-72-91(60-52-46-24-18-12-6)127-98(112)66-56-50-44-38-32-28-22-16-10-4;;;;/h37-38,43-44,67-70,87-88,90-92H,7-36,39-42,45-66,71-85H2,1-6H3,(H,101,106)(H,102,113)(H,103,114)(H,104,107)(H,105,108)(H,109,110)(H,115,116)(H,117,118);;;;/q;2*+1;2*-1/b43-37-,44-38-;;;;/t87?,88?,90-,91-,92?;;;;/m1..../s1. The minimum absolute atomic E-state index is 0. The number of rotatable bonds is 95. The number of amides is 5. The van der Waals surface area contributed by atoms with E-state index in [4.69, 9.17) is 46.9 Å². The van der Waals surface area contributed by atoms with Crippen LogP contribution in [0.25, 0.3) is 0 Å². The molecule has 1 rings (SSSR count). The van der Waals surface area contributed by atoms with Crippen molar-refractivity contribution in [3.05, 3.63) is 54.1 Å². The molecule has 0 aromatic heterocycles. The van der Waals surface area contributed by atoms with E-state index in [1.165, 1.54) is 116 Å². The molecule has 5 amide bonds. The number of phosphoric acid groups is 2. The molecular weight excluding hydrogens is 1730 g/mol. The van der Waals surface area contributed by atoms with Crippen LogP contribution in [0.3, 0.4) is 0 Å². The first-order valence-corrected chi connectivity index (χ1v) is 54.0. The number of hydrogen-bond acceptors (Lipinski definition) is 19. The molecule has 0 fully saturated rings. The third-order valence-corrected chi connectivity index (χ3v) is 24.6. The minimum atomic E-state index is -4.89. The van der Waals surface area contributed by atoms with Crippen molar-refractivity contribution in [2.75, 3.05) is 79.1 Å². The molecule has 1 aromatic rings. The van der Waals surface area contributed by atoms with Crippen molar-refractivity contribution < 1.29 is 166 Å². The van der Waals surface area contributed by atoms with Gasteiger partial charge in [-0.05, 0) is 127 Å². The zero-order valence-electron chi connectivity index (χ0n) is 85.2. The van der Waals surface area contributed by atoms with E-state index >= 15 is 0 Å². The van der Waals surface area contributed by atoms with Crippen LogP contribution in [0.1, 0.15) is 422 Å². The minimum Gasteiger partial charge on any atom is -1.00 e. The Kier molecular flexibility index (Phi) is 91.6. The van der Waals surface area contributed by atoms with E-state index in [-0.39, 0.29) is 189 Å². The molecule has 6 atom stereocenters. The summed E-state index contributed by atoms with van der Waals surface area (Å²) in [6.07, 6.45) is 61.3. The van der Waals surface area contributed by atoms with E-state index in [1.54, 1.807) is 24.3 Å². The van der Waals surface area contributed by atoms with Gasteiger partial charge in [0.1, 0.15) is 30.5 Å². The Bertz CT molecular complexity index is 2970. The number of benzene rings is 1. The van der Waals surface area contributed by atoms with E-state index in [0.29, 0.717) is 88.4 Å². The van der Waals surface area contributed by atoms with Crippen LogP contribution < -0.4 is 90.4 Å². The number of carbonyl (C=O) groups excluding carboxylic acids is 7. The van der Waals surface area contributed by atoms with Gasteiger partial charge in [-0.15, -0.1) is 0 Å². The van der Waals surface area contributed by atoms with Gasteiger partial charge in [-0.1, -0.05) is 296 Å². The van der Waals surface area contributed by atoms with Crippen LogP contribution in [0.2, 0.25) is 0 Å². The van der Waals surface area contributed by atoms with Crippen LogP contribution in [0.15, 0.2) is 48.6 Å². The van der Waals surface area contributed by atoms with Gasteiger partial charge in [0, 0.05) is 64.5 Å². The number of nitrogens with one attached hydrogen (secondary N) is 5. The van der Waals surface area contributed by atoms with Gasteiger partial charge in [0.25, 0.3) is 0 Å². The van der Waals surface area contributed by atoms with Gasteiger partial charge < -0.3 is 68.0 Å². The molecular formula is C100H183N5Na2O22P2. The molecule has 0 aliphatic carbocycles. The summed E-state index contributed by atoms with van der Waals surface area (Å²) >= 11 is 0. The third kappa shape index (κ3) is 84.2. The molecule has 0 saturated heterocycles. The zero-order valence-corrected chi connectivity index (χ0v) is 89.0. The summed E-state index contributed by atoms with van der Waals surface area (Å²) < 4.78 is 79.0. The molecule has 0 saturated carbocycles. The quantitative estimate of drug-likeness (QED) is 0.00750. The second-order valence-corrected chi connectivity index (χ2v) is 37.8. The Balaban J connectivity index is -0.0000208. The van der Waals surface area contributed by atoms with Crippen LogP contribution in [-0.2, 0) is 90.9 Å². The summed E-state index contributed by atoms with van der Waals surface area (Å²) in [4.78, 5) is 127. The Hall–Kier alpha value is -3.60. The SMILES string of the molecule is CCCCCC/C=C\CCCC(=O)O[C@H](CCCCCCC)CCOCC(COP(=O)(O)OCCNC(=O)C(Cc1ccc(OCCNC(=O)CCCCC(=O)O)cc1)C(=O)NCCOP(=O)(O)OCC(COCC[C@@H](CCCCCCC)OC(=O)CCC/C=C\CCCCCC)NC(=O)CCCCCCCCCCCCC)NC(=O)CCCCCCCCCCCCC.[H-].[H-].[Na+].[Na+]. The summed E-state index contributed by atoms with van der Waals surface area (Å²) in [5.74, 6) is -4.93. The normalized spacial score (nSPS) is 13.5. The number of hydrogen-bond donors (Lipinski definition) is 8. The molecule has 0 heterocycles. The van der Waals surface area contributed by atoms with Crippen molar-refractivity contribution in [3.8, 4) is 5.75 Å². The Labute approximate surface area is 839 Å². The maximum absolute atomic E-state index is 14.2. The molecule has 0 aliphatic heterocycles. The van der Waals surface area contributed by atoms with E-state index < -0.39 is 77.9 Å². The van der Waals surface area contributed by atoms with Crippen LogP contribution in [0, 0.1) is 5.92 Å². The number of allylic oxidation sites excluding steroid dienone is 4. The van der Waals surface area contributed by atoms with Gasteiger partial charge in [0.2, 0.25) is 29.5 Å². The van der Waals surface area contributed by atoms with Crippen LogP contribution >= 0.6 is 15.6 Å². The number of ether oxygens (including phenoxy) is 5. The van der Waals surface area contributed by atoms with Gasteiger partial charge >= 0.3 is 92.7 Å². The number of carbonyl (C=O) groups is 8. The first kappa shape index (κ1) is 129.